The van der Waals surface area contributed by atoms with Crippen LogP contribution in [-0.2, 0) is 0 Å². The minimum absolute atomic E-state index is 0.00223. The summed E-state index contributed by atoms with van der Waals surface area (Å²) in [4.78, 5) is 27.9. The van der Waals surface area contributed by atoms with Crippen LogP contribution in [-0.4, -0.2) is 26.1 Å². The molecule has 8 nitrogen and oxygen atoms in total. The lowest BCUT2D eigenvalue weighted by Crippen LogP contribution is -2.23. The van der Waals surface area contributed by atoms with E-state index in [0.29, 0.717) is 33.4 Å². The van der Waals surface area contributed by atoms with Crippen molar-refractivity contribution in [3.8, 4) is 17.1 Å². The minimum Gasteiger partial charge on any atom is -0.493 e. The molecule has 0 saturated carbocycles. The molecule has 30 heavy (non-hydrogen) atoms. The van der Waals surface area contributed by atoms with Crippen LogP contribution in [0.1, 0.15) is 19.4 Å². The summed E-state index contributed by atoms with van der Waals surface area (Å²) in [6.45, 7) is 4.82. The van der Waals surface area contributed by atoms with E-state index in [-0.39, 0.29) is 11.2 Å². The fourth-order valence-corrected chi connectivity index (χ4v) is 3.67. The van der Waals surface area contributed by atoms with Crippen LogP contribution in [0.3, 0.4) is 0 Å². The number of hydrogen-bond acceptors (Lipinski definition) is 7. The van der Waals surface area contributed by atoms with Gasteiger partial charge in [0.25, 0.3) is 11.2 Å². The van der Waals surface area contributed by atoms with Crippen molar-refractivity contribution in [1.29, 1.82) is 0 Å². The molecule has 0 aliphatic heterocycles. The van der Waals surface area contributed by atoms with Gasteiger partial charge in [-0.25, -0.2) is 0 Å². The predicted molar refractivity (Wildman–Crippen MR) is 115 cm³/mol. The van der Waals surface area contributed by atoms with Crippen molar-refractivity contribution in [2.75, 3.05) is 6.61 Å². The van der Waals surface area contributed by atoms with Gasteiger partial charge in [-0.3, -0.25) is 14.9 Å². The SMILES string of the molecule is CC(C)COc1ccc(-c2nc3sc(=Cc4ccc([N+](=O)[O-])cc4)c(=O)n3n2)cc1. The van der Waals surface area contributed by atoms with Gasteiger partial charge in [0.05, 0.1) is 16.1 Å². The van der Waals surface area contributed by atoms with E-state index in [9.17, 15) is 14.9 Å². The van der Waals surface area contributed by atoms with Gasteiger partial charge in [-0.15, -0.1) is 5.10 Å². The molecule has 152 valence electrons. The molecule has 0 fully saturated rings. The zero-order valence-electron chi connectivity index (χ0n) is 16.3. The number of hydrogen-bond donors (Lipinski definition) is 0. The van der Waals surface area contributed by atoms with Crippen LogP contribution in [0.25, 0.3) is 22.4 Å². The second kappa shape index (κ2) is 8.03. The number of nitrogens with zero attached hydrogens (tertiary/aromatic N) is 4. The number of ether oxygens (including phenoxy) is 1. The van der Waals surface area contributed by atoms with Crippen LogP contribution in [0.5, 0.6) is 5.75 Å². The fourth-order valence-electron chi connectivity index (χ4n) is 2.76. The molecule has 9 heteroatoms. The van der Waals surface area contributed by atoms with E-state index in [1.807, 2.05) is 24.3 Å². The predicted octanol–water partition coefficient (Wildman–Crippen LogP) is 3.31. The number of aromatic nitrogens is 3. The molecule has 2 heterocycles. The van der Waals surface area contributed by atoms with Gasteiger partial charge in [-0.05, 0) is 54.0 Å². The molecule has 0 N–H and O–H groups in total. The highest BCUT2D eigenvalue weighted by atomic mass is 32.1. The Morgan fingerprint density at radius 2 is 1.87 bits per heavy atom. The van der Waals surface area contributed by atoms with Crippen LogP contribution in [0.15, 0.2) is 53.3 Å². The van der Waals surface area contributed by atoms with Crippen molar-refractivity contribution >= 4 is 28.1 Å². The van der Waals surface area contributed by atoms with Gasteiger partial charge in [-0.1, -0.05) is 25.2 Å². The zero-order valence-corrected chi connectivity index (χ0v) is 17.1. The summed E-state index contributed by atoms with van der Waals surface area (Å²) in [6, 6.07) is 13.5. The Morgan fingerprint density at radius 3 is 2.47 bits per heavy atom. The Kier molecular flexibility index (Phi) is 5.28. The zero-order chi connectivity index (χ0) is 21.3. The van der Waals surface area contributed by atoms with Gasteiger partial charge in [-0.2, -0.15) is 9.50 Å². The van der Waals surface area contributed by atoms with Gasteiger partial charge in [0, 0.05) is 17.7 Å². The van der Waals surface area contributed by atoms with Gasteiger partial charge >= 0.3 is 0 Å². The molecule has 4 aromatic rings. The van der Waals surface area contributed by atoms with Gasteiger partial charge in [0.2, 0.25) is 4.96 Å². The molecule has 2 aromatic heterocycles. The maximum Gasteiger partial charge on any atom is 0.291 e. The number of non-ortho nitro benzene ring substituents is 1. The standard InChI is InChI=1S/C21H18N4O4S/c1-13(2)12-29-17-9-5-15(6-10-17)19-22-21-24(23-19)20(26)18(30-21)11-14-3-7-16(8-4-14)25(27)28/h3-11,13H,12H2,1-2H3. The van der Waals surface area contributed by atoms with Gasteiger partial charge in [0.1, 0.15) is 5.75 Å². The van der Waals surface area contributed by atoms with Crippen LogP contribution >= 0.6 is 11.3 Å². The summed E-state index contributed by atoms with van der Waals surface area (Å²) in [5.41, 5.74) is 1.22. The van der Waals surface area contributed by atoms with E-state index in [1.54, 1.807) is 18.2 Å². The molecule has 0 radical (unpaired) electrons. The molecule has 4 rings (SSSR count). The van der Waals surface area contributed by atoms with Crippen molar-refractivity contribution in [1.82, 2.24) is 14.6 Å². The fraction of sp³-hybridized carbons (Fsp3) is 0.190. The average Bonchev–Trinajstić information content (AvgIpc) is 3.27. The first kappa shape index (κ1) is 19.7. The summed E-state index contributed by atoms with van der Waals surface area (Å²) >= 11 is 1.22. The number of benzene rings is 2. The maximum atomic E-state index is 12.7. The number of thiazole rings is 1. The number of nitro benzene ring substituents is 1. The lowest BCUT2D eigenvalue weighted by atomic mass is 10.2. The van der Waals surface area contributed by atoms with Crippen LogP contribution in [0.2, 0.25) is 0 Å². The Hall–Kier alpha value is -3.59. The molecule has 0 aliphatic rings. The van der Waals surface area contributed by atoms with E-state index in [0.717, 1.165) is 11.3 Å². The van der Waals surface area contributed by atoms with E-state index in [4.69, 9.17) is 4.74 Å². The number of nitro groups is 1. The molecule has 0 saturated heterocycles. The van der Waals surface area contributed by atoms with Crippen LogP contribution in [0, 0.1) is 16.0 Å². The van der Waals surface area contributed by atoms with E-state index < -0.39 is 4.92 Å². The molecule has 0 amide bonds. The molecular formula is C21H18N4O4S. The highest BCUT2D eigenvalue weighted by Crippen LogP contribution is 2.21. The summed E-state index contributed by atoms with van der Waals surface area (Å²) < 4.78 is 7.42. The summed E-state index contributed by atoms with van der Waals surface area (Å²) in [5.74, 6) is 1.69. The van der Waals surface area contributed by atoms with Crippen molar-refractivity contribution in [3.05, 3.63) is 79.1 Å². The number of fused-ring (bicyclic) bond motifs is 1. The molecule has 0 spiro atoms. The summed E-state index contributed by atoms with van der Waals surface area (Å²) in [7, 11) is 0. The smallest absolute Gasteiger partial charge is 0.291 e. The Morgan fingerprint density at radius 1 is 1.17 bits per heavy atom. The third-order valence-electron chi connectivity index (χ3n) is 4.28. The van der Waals surface area contributed by atoms with E-state index in [2.05, 4.69) is 23.9 Å². The van der Waals surface area contributed by atoms with Crippen molar-refractivity contribution in [2.24, 2.45) is 5.92 Å². The molecule has 0 atom stereocenters. The first-order valence-corrected chi connectivity index (χ1v) is 10.1. The first-order chi connectivity index (χ1) is 14.4. The van der Waals surface area contributed by atoms with Gasteiger partial charge in [0.15, 0.2) is 5.82 Å². The summed E-state index contributed by atoms with van der Waals surface area (Å²) in [6.07, 6.45) is 1.67. The Bertz CT molecular complexity index is 1310. The summed E-state index contributed by atoms with van der Waals surface area (Å²) in [5, 5.41) is 15.1. The average molecular weight is 422 g/mol. The lowest BCUT2D eigenvalue weighted by molar-refractivity contribution is -0.384. The second-order valence-corrected chi connectivity index (χ2v) is 8.13. The quantitative estimate of drug-likeness (QED) is 0.349. The van der Waals surface area contributed by atoms with Gasteiger partial charge < -0.3 is 4.74 Å². The third kappa shape index (κ3) is 4.06. The normalized spacial score (nSPS) is 12.0. The first-order valence-electron chi connectivity index (χ1n) is 9.29. The van der Waals surface area contributed by atoms with Crippen LogP contribution < -0.4 is 14.8 Å². The van der Waals surface area contributed by atoms with Crippen molar-refractivity contribution < 1.29 is 9.66 Å². The monoisotopic (exact) mass is 422 g/mol. The molecule has 0 aliphatic carbocycles. The van der Waals surface area contributed by atoms with Crippen LogP contribution in [0.4, 0.5) is 5.69 Å². The molecule has 0 bridgehead atoms. The minimum atomic E-state index is -0.462. The molecule has 0 unspecified atom stereocenters. The number of rotatable bonds is 6. The Balaban J connectivity index is 1.61. The van der Waals surface area contributed by atoms with E-state index in [1.165, 1.54) is 28.0 Å². The van der Waals surface area contributed by atoms with Crippen molar-refractivity contribution in [2.45, 2.75) is 13.8 Å². The van der Waals surface area contributed by atoms with E-state index >= 15 is 0 Å². The highest BCUT2D eigenvalue weighted by molar-refractivity contribution is 7.15. The highest BCUT2D eigenvalue weighted by Gasteiger charge is 2.12. The molecule has 2 aromatic carbocycles. The third-order valence-corrected chi connectivity index (χ3v) is 5.24. The maximum absolute atomic E-state index is 12.7. The lowest BCUT2D eigenvalue weighted by Gasteiger charge is -2.08. The topological polar surface area (TPSA) is 99.6 Å². The second-order valence-electron chi connectivity index (χ2n) is 7.12. The largest absolute Gasteiger partial charge is 0.493 e. The van der Waals surface area contributed by atoms with Crippen molar-refractivity contribution in [3.63, 3.8) is 0 Å². The Labute approximate surface area is 175 Å². The molecular weight excluding hydrogens is 404 g/mol.